The third-order valence-electron chi connectivity index (χ3n) is 2.21. The Balaban J connectivity index is 1.91. The highest BCUT2D eigenvalue weighted by atomic mass is 32.2. The van der Waals surface area contributed by atoms with Crippen LogP contribution < -0.4 is 5.32 Å². The molecule has 1 aromatic rings. The maximum Gasteiger partial charge on any atom is 0.316 e. The Morgan fingerprint density at radius 3 is 2.82 bits per heavy atom. The molecule has 0 bridgehead atoms. The molecule has 0 aliphatic heterocycles. The van der Waals surface area contributed by atoms with Gasteiger partial charge in [-0.2, -0.15) is 0 Å². The Bertz CT molecular complexity index is 444. The number of amides is 1. The van der Waals surface area contributed by atoms with Gasteiger partial charge in [0.25, 0.3) is 0 Å². The minimum absolute atomic E-state index is 0.0241. The smallest absolute Gasteiger partial charge is 0.316 e. The monoisotopic (exact) mass is 273 g/mol. The summed E-state index contributed by atoms with van der Waals surface area (Å²) in [6.07, 6.45) is 1.87. The quantitative estimate of drug-likeness (QED) is 0.623. The highest BCUT2D eigenvalue weighted by Crippen LogP contribution is 2.32. The van der Waals surface area contributed by atoms with Crippen LogP contribution in [-0.2, 0) is 9.59 Å². The van der Waals surface area contributed by atoms with Gasteiger partial charge < -0.3 is 10.4 Å². The second-order valence-corrected chi connectivity index (χ2v) is 6.30. The van der Waals surface area contributed by atoms with Crippen molar-refractivity contribution >= 4 is 40.1 Å². The standard InChI is InChI=1S/C9H11N3O3S2/c1-4(7(14)15)16-9-12-11-8(17-9)10-6(13)5-2-3-5/h4-5H,2-3H2,1H3,(H,14,15)(H,10,11,13). The van der Waals surface area contributed by atoms with Gasteiger partial charge in [-0.05, 0) is 19.8 Å². The summed E-state index contributed by atoms with van der Waals surface area (Å²) in [5, 5.41) is 18.9. The van der Waals surface area contributed by atoms with Gasteiger partial charge in [0.05, 0.1) is 0 Å². The van der Waals surface area contributed by atoms with E-state index in [4.69, 9.17) is 5.11 Å². The van der Waals surface area contributed by atoms with Gasteiger partial charge in [-0.25, -0.2) is 0 Å². The first-order valence-electron chi connectivity index (χ1n) is 5.10. The van der Waals surface area contributed by atoms with E-state index in [1.54, 1.807) is 6.92 Å². The Hall–Kier alpha value is -1.15. The lowest BCUT2D eigenvalue weighted by atomic mass is 10.4. The van der Waals surface area contributed by atoms with Gasteiger partial charge in [0.15, 0.2) is 4.34 Å². The highest BCUT2D eigenvalue weighted by molar-refractivity contribution is 8.02. The fraction of sp³-hybridized carbons (Fsp3) is 0.556. The largest absolute Gasteiger partial charge is 0.480 e. The summed E-state index contributed by atoms with van der Waals surface area (Å²) >= 11 is 2.32. The highest BCUT2D eigenvalue weighted by Gasteiger charge is 2.30. The molecule has 17 heavy (non-hydrogen) atoms. The maximum atomic E-state index is 11.4. The van der Waals surface area contributed by atoms with Crippen LogP contribution in [0.5, 0.6) is 0 Å². The van der Waals surface area contributed by atoms with E-state index in [9.17, 15) is 9.59 Å². The van der Waals surface area contributed by atoms with E-state index in [0.717, 1.165) is 24.6 Å². The van der Waals surface area contributed by atoms with E-state index in [-0.39, 0.29) is 11.8 Å². The van der Waals surface area contributed by atoms with Crippen molar-refractivity contribution in [3.8, 4) is 0 Å². The summed E-state index contributed by atoms with van der Waals surface area (Å²) < 4.78 is 0.547. The molecular formula is C9H11N3O3S2. The molecule has 0 spiro atoms. The second kappa shape index (κ2) is 5.01. The van der Waals surface area contributed by atoms with Gasteiger partial charge in [-0.1, -0.05) is 23.1 Å². The summed E-state index contributed by atoms with van der Waals surface area (Å²) in [5.74, 6) is -0.800. The fourth-order valence-corrected chi connectivity index (χ4v) is 2.90. The zero-order valence-corrected chi connectivity index (χ0v) is 10.7. The minimum Gasteiger partial charge on any atom is -0.480 e. The molecule has 1 aromatic heterocycles. The summed E-state index contributed by atoms with van der Waals surface area (Å²) in [7, 11) is 0. The van der Waals surface area contributed by atoms with Crippen LogP contribution in [0, 0.1) is 5.92 Å². The Labute approximate surface area is 106 Å². The molecule has 1 saturated carbocycles. The number of carboxylic acids is 1. The molecule has 1 amide bonds. The van der Waals surface area contributed by atoms with E-state index < -0.39 is 11.2 Å². The number of rotatable bonds is 5. The van der Waals surface area contributed by atoms with E-state index in [2.05, 4.69) is 15.5 Å². The zero-order chi connectivity index (χ0) is 12.4. The maximum absolute atomic E-state index is 11.4. The number of anilines is 1. The molecule has 1 unspecified atom stereocenters. The number of carbonyl (C=O) groups is 2. The fourth-order valence-electron chi connectivity index (χ4n) is 1.06. The van der Waals surface area contributed by atoms with Crippen LogP contribution in [0.25, 0.3) is 0 Å². The predicted octanol–water partition coefficient (Wildman–Crippen LogP) is 1.45. The summed E-state index contributed by atoms with van der Waals surface area (Å²) in [6.45, 7) is 1.58. The number of nitrogens with one attached hydrogen (secondary N) is 1. The molecule has 2 rings (SSSR count). The van der Waals surface area contributed by atoms with E-state index in [1.807, 2.05) is 0 Å². The van der Waals surface area contributed by atoms with E-state index in [0.29, 0.717) is 9.47 Å². The summed E-state index contributed by atoms with van der Waals surface area (Å²) in [4.78, 5) is 22.1. The van der Waals surface area contributed by atoms with Crippen LogP contribution >= 0.6 is 23.1 Å². The molecule has 1 fully saturated rings. The lowest BCUT2D eigenvalue weighted by molar-refractivity contribution is -0.136. The van der Waals surface area contributed by atoms with Gasteiger partial charge in [-0.3, -0.25) is 9.59 Å². The normalized spacial score (nSPS) is 16.5. The molecule has 1 aliphatic carbocycles. The number of thioether (sulfide) groups is 1. The first-order valence-corrected chi connectivity index (χ1v) is 6.79. The van der Waals surface area contributed by atoms with Gasteiger partial charge >= 0.3 is 5.97 Å². The summed E-state index contributed by atoms with van der Waals surface area (Å²) in [6, 6.07) is 0. The van der Waals surface area contributed by atoms with Crippen LogP contribution in [0.15, 0.2) is 4.34 Å². The van der Waals surface area contributed by atoms with Crippen molar-refractivity contribution in [1.82, 2.24) is 10.2 Å². The van der Waals surface area contributed by atoms with Crippen LogP contribution in [0.3, 0.4) is 0 Å². The lowest BCUT2D eigenvalue weighted by Gasteiger charge is -2.00. The number of hydrogen-bond acceptors (Lipinski definition) is 6. The molecule has 8 heteroatoms. The molecule has 6 nitrogen and oxygen atoms in total. The topological polar surface area (TPSA) is 92.2 Å². The van der Waals surface area contributed by atoms with Crippen LogP contribution in [0.1, 0.15) is 19.8 Å². The Kier molecular flexibility index (Phi) is 3.63. The second-order valence-electron chi connectivity index (χ2n) is 3.73. The molecule has 0 saturated heterocycles. The molecule has 0 aromatic carbocycles. The average Bonchev–Trinajstić information content (AvgIpc) is 3.03. The predicted molar refractivity (Wildman–Crippen MR) is 64.2 cm³/mol. The van der Waals surface area contributed by atoms with Gasteiger partial charge in [0.1, 0.15) is 5.25 Å². The number of nitrogens with zero attached hydrogens (tertiary/aromatic N) is 2. The number of aromatic nitrogens is 2. The van der Waals surface area contributed by atoms with Crippen LogP contribution in [-0.4, -0.2) is 32.4 Å². The molecule has 0 radical (unpaired) electrons. The Morgan fingerprint density at radius 1 is 1.53 bits per heavy atom. The molecule has 1 heterocycles. The van der Waals surface area contributed by atoms with Crippen molar-refractivity contribution in [2.24, 2.45) is 5.92 Å². The van der Waals surface area contributed by atoms with Crippen molar-refractivity contribution in [2.45, 2.75) is 29.4 Å². The van der Waals surface area contributed by atoms with Crippen molar-refractivity contribution in [1.29, 1.82) is 0 Å². The van der Waals surface area contributed by atoms with Crippen molar-refractivity contribution in [2.75, 3.05) is 5.32 Å². The molecule has 1 atom stereocenters. The number of carbonyl (C=O) groups excluding carboxylic acids is 1. The average molecular weight is 273 g/mol. The molecular weight excluding hydrogens is 262 g/mol. The van der Waals surface area contributed by atoms with Crippen LogP contribution in [0.2, 0.25) is 0 Å². The summed E-state index contributed by atoms with van der Waals surface area (Å²) in [5.41, 5.74) is 0. The molecule has 1 aliphatic rings. The van der Waals surface area contributed by atoms with Gasteiger partial charge in [0, 0.05) is 5.92 Å². The molecule has 92 valence electrons. The van der Waals surface area contributed by atoms with Crippen molar-refractivity contribution < 1.29 is 14.7 Å². The zero-order valence-electron chi connectivity index (χ0n) is 9.04. The van der Waals surface area contributed by atoms with Gasteiger partial charge in [-0.15, -0.1) is 10.2 Å². The third kappa shape index (κ3) is 3.40. The van der Waals surface area contributed by atoms with Crippen LogP contribution in [0.4, 0.5) is 5.13 Å². The van der Waals surface area contributed by atoms with E-state index >= 15 is 0 Å². The molecule has 2 N–H and O–H groups in total. The number of aliphatic carboxylic acids is 1. The first-order chi connectivity index (χ1) is 8.06. The first kappa shape index (κ1) is 12.3. The lowest BCUT2D eigenvalue weighted by Crippen LogP contribution is -2.12. The Morgan fingerprint density at radius 2 is 2.24 bits per heavy atom. The van der Waals surface area contributed by atoms with Gasteiger partial charge in [0.2, 0.25) is 11.0 Å². The number of hydrogen-bond donors (Lipinski definition) is 2. The third-order valence-corrected chi connectivity index (χ3v) is 4.22. The number of carboxylic acid groups (broad SMARTS) is 1. The SMILES string of the molecule is CC(Sc1nnc(NC(=O)C2CC2)s1)C(=O)O. The van der Waals surface area contributed by atoms with Crippen molar-refractivity contribution in [3.05, 3.63) is 0 Å². The minimum atomic E-state index is -0.895. The van der Waals surface area contributed by atoms with Crippen molar-refractivity contribution in [3.63, 3.8) is 0 Å². The van der Waals surface area contributed by atoms with E-state index in [1.165, 1.54) is 11.3 Å².